The van der Waals surface area contributed by atoms with Crippen LogP contribution < -0.4 is 53.4 Å². The summed E-state index contributed by atoms with van der Waals surface area (Å²) in [6.45, 7) is 7.34. The number of halogens is 1. The lowest BCUT2D eigenvalue weighted by Crippen LogP contribution is -2.58. The van der Waals surface area contributed by atoms with Gasteiger partial charge in [0.15, 0.2) is 5.60 Å². The van der Waals surface area contributed by atoms with Gasteiger partial charge in [0.1, 0.15) is 37.2 Å². The van der Waals surface area contributed by atoms with Crippen LogP contribution in [0.5, 0.6) is 0 Å². The third-order valence-corrected chi connectivity index (χ3v) is 18.9. The number of rotatable bonds is 34. The zero-order valence-corrected chi connectivity index (χ0v) is 59.2. The number of hydrogen-bond acceptors (Lipinski definition) is 18. The molecule has 106 heavy (non-hydrogen) atoms. The number of carboxylic acids is 1. The number of alkyl carbamates (subject to hydrolysis) is 1. The molecule has 0 saturated heterocycles. The molecule has 30 heteroatoms. The number of aliphatic hydroxyl groups is 1. The van der Waals surface area contributed by atoms with Crippen molar-refractivity contribution in [2.45, 2.75) is 148 Å². The summed E-state index contributed by atoms with van der Waals surface area (Å²) in [5.74, 6) is -0.347. The number of aromatic nitrogens is 2. The molecule has 560 valence electrons. The van der Waals surface area contributed by atoms with E-state index < -0.39 is 101 Å². The molecule has 10 rings (SSSR count). The normalized spacial score (nSPS) is 15.9. The number of nitrogens with two attached hydrogens (primary N) is 1. The molecule has 2 aromatic heterocycles. The van der Waals surface area contributed by atoms with Gasteiger partial charge in [-0.05, 0) is 116 Å². The summed E-state index contributed by atoms with van der Waals surface area (Å²) in [4.78, 5) is 152. The Labute approximate surface area is 609 Å². The summed E-state index contributed by atoms with van der Waals surface area (Å²) < 4.78 is 44.6. The van der Waals surface area contributed by atoms with Gasteiger partial charge in [-0.15, -0.1) is 0 Å². The summed E-state index contributed by atoms with van der Waals surface area (Å²) in [6.07, 6.45) is -1.10. The van der Waals surface area contributed by atoms with E-state index in [0.717, 1.165) is 16.7 Å². The fourth-order valence-electron chi connectivity index (χ4n) is 13.2. The fraction of sp³-hybridized carbons (Fsp3) is 0.421. The highest BCUT2D eigenvalue weighted by Gasteiger charge is 2.46. The first-order valence-corrected chi connectivity index (χ1v) is 35.2. The number of esters is 1. The van der Waals surface area contributed by atoms with Gasteiger partial charge in [0.25, 0.3) is 5.56 Å². The van der Waals surface area contributed by atoms with Gasteiger partial charge < -0.3 is 86.3 Å². The van der Waals surface area contributed by atoms with Crippen molar-refractivity contribution < 1.29 is 86.2 Å². The number of carboxylic acid groups (broad SMARTS) is 1. The number of nitrogens with zero attached hydrogens (tertiary/aromatic N) is 3. The number of benzene rings is 4. The van der Waals surface area contributed by atoms with E-state index in [2.05, 4.69) is 49.1 Å². The van der Waals surface area contributed by atoms with Crippen LogP contribution in [-0.2, 0) is 100 Å². The van der Waals surface area contributed by atoms with Crippen molar-refractivity contribution in [2.75, 3.05) is 62.9 Å². The lowest BCUT2D eigenvalue weighted by atomic mass is 9.81. The summed E-state index contributed by atoms with van der Waals surface area (Å²) in [7, 11) is 0. The molecule has 0 radical (unpaired) electrons. The molecule has 3 aliphatic heterocycles. The van der Waals surface area contributed by atoms with E-state index in [1.807, 2.05) is 48.5 Å². The van der Waals surface area contributed by atoms with Crippen molar-refractivity contribution in [3.05, 3.63) is 157 Å². The van der Waals surface area contributed by atoms with Crippen molar-refractivity contribution in [3.63, 3.8) is 0 Å². The quantitative estimate of drug-likeness (QED) is 0.0143. The molecular weight excluding hydrogens is 1370 g/mol. The standard InChI is InChI=1S/C76H86FN11O18/c1-5-76(101)53-37-60-68-51(40-88(60)72(97)52(53)42-105-73(76)98)66-55(23-22-50-44(4)54(77)38-58(83-68)65(50)66)85-75(100)106-41-45-16-20-49(21-17-45)81-69(94)56(14-10-29-80-74(78)99)84-71(96)67(43(2)3)86-70(95)57(24-27-64(92)93)82-62(90)28-31-102-33-35-104-36-34-103-32-30-79-61(89)25-26-63(91)87-39-48-13-7-6-11-46(48)18-19-47-12-8-9-15-59(47)87/h6-9,11-13,15-17,20-21,37-38,43,55-57,67,101H,5,10,14,22-36,39-42H2,1-4H3,(H,79,89)(H,81,94)(H,82,90)(H,84,96)(H,85,100)(H,86,95)(H,92,93)(H3,78,80,99)/t55-,56-,57-,67-,76+/m0/s1. The molecule has 29 nitrogen and oxygen atoms in total. The summed E-state index contributed by atoms with van der Waals surface area (Å²) >= 11 is 0. The van der Waals surface area contributed by atoms with Crippen LogP contribution in [0.15, 0.2) is 89.7 Å². The molecule has 0 saturated carbocycles. The molecule has 9 amide bonds. The van der Waals surface area contributed by atoms with Crippen molar-refractivity contribution in [1.82, 2.24) is 41.5 Å². The van der Waals surface area contributed by atoms with Crippen molar-refractivity contribution in [1.29, 1.82) is 0 Å². The Bertz CT molecular complexity index is 4500. The first-order chi connectivity index (χ1) is 50.9. The smallest absolute Gasteiger partial charge is 0.407 e. The number of fused-ring (bicyclic) bond motifs is 7. The van der Waals surface area contributed by atoms with E-state index in [1.54, 1.807) is 62.9 Å². The van der Waals surface area contributed by atoms with Crippen LogP contribution in [0.4, 0.5) is 25.4 Å². The zero-order valence-electron chi connectivity index (χ0n) is 59.2. The van der Waals surface area contributed by atoms with Gasteiger partial charge in [0.2, 0.25) is 35.4 Å². The second-order valence-corrected chi connectivity index (χ2v) is 26.4. The number of amides is 9. The average molecular weight is 1460 g/mol. The summed E-state index contributed by atoms with van der Waals surface area (Å²) in [5, 5.41) is 40.4. The number of urea groups is 1. The molecule has 4 aromatic carbocycles. The number of primary amides is 1. The maximum atomic E-state index is 15.5. The van der Waals surface area contributed by atoms with Crippen LogP contribution in [0.25, 0.3) is 22.3 Å². The Hall–Kier alpha value is -11.1. The van der Waals surface area contributed by atoms with Gasteiger partial charge >= 0.3 is 24.1 Å². The van der Waals surface area contributed by atoms with E-state index >= 15 is 4.39 Å². The number of carbonyl (C=O) groups excluding carboxylic acids is 9. The number of aryl methyl sites for hydroxylation is 1. The number of anilines is 2. The molecule has 0 spiro atoms. The third-order valence-electron chi connectivity index (χ3n) is 18.9. The number of aliphatic carboxylic acids is 1. The van der Waals surface area contributed by atoms with E-state index in [0.29, 0.717) is 75.2 Å². The fourth-order valence-corrected chi connectivity index (χ4v) is 13.2. The van der Waals surface area contributed by atoms with Gasteiger partial charge in [0.05, 0.1) is 86.9 Å². The van der Waals surface area contributed by atoms with Gasteiger partial charge in [0, 0.05) is 78.2 Å². The minimum atomic E-state index is -2.07. The molecule has 0 unspecified atom stereocenters. The first kappa shape index (κ1) is 77.5. The Morgan fingerprint density at radius 2 is 1.45 bits per heavy atom. The van der Waals surface area contributed by atoms with Crippen molar-refractivity contribution in [2.24, 2.45) is 11.7 Å². The topological polar surface area (TPSA) is 406 Å². The van der Waals surface area contributed by atoms with Crippen LogP contribution in [0, 0.1) is 30.5 Å². The predicted octanol–water partition coefficient (Wildman–Crippen LogP) is 5.09. The molecule has 4 aliphatic rings. The molecule has 1 aliphatic carbocycles. The molecule has 5 atom stereocenters. The lowest BCUT2D eigenvalue weighted by Gasteiger charge is -2.31. The Kier molecular flexibility index (Phi) is 26.0. The molecule has 6 aromatic rings. The SMILES string of the molecule is CC[C@]1(O)C(=O)OCc2c1cc1n(c2=O)Cc2c-1nc1cc(F)c(C)c3c1c2[C@@H](NC(=O)OCc1ccc(NC(=O)[C@H](CCCNC(N)=O)NC(=O)[C@@H](NC(=O)[C@H](CCC(=O)O)NC(=O)CCOCCOCCOCCNC(=O)CCC(=O)N2Cc4ccccc4C#Cc4ccccc42)C(C)C)cc1)CC3. The average Bonchev–Trinajstić information content (AvgIpc) is 1.50. The lowest BCUT2D eigenvalue weighted by molar-refractivity contribution is -0.172. The van der Waals surface area contributed by atoms with Gasteiger partial charge in [-0.3, -0.25) is 38.4 Å². The van der Waals surface area contributed by atoms with Crippen LogP contribution in [0.1, 0.15) is 140 Å². The Balaban J connectivity index is 0.657. The minimum Gasteiger partial charge on any atom is -0.481 e. The second-order valence-electron chi connectivity index (χ2n) is 26.4. The summed E-state index contributed by atoms with van der Waals surface area (Å²) in [6, 6.07) is 18.7. The van der Waals surface area contributed by atoms with Gasteiger partial charge in [-0.1, -0.05) is 75.1 Å². The maximum Gasteiger partial charge on any atom is 0.407 e. The second kappa shape index (κ2) is 35.6. The maximum absolute atomic E-state index is 15.5. The van der Waals surface area contributed by atoms with Gasteiger partial charge in [-0.2, -0.15) is 0 Å². The first-order valence-electron chi connectivity index (χ1n) is 35.2. The highest BCUT2D eigenvalue weighted by molar-refractivity contribution is 6.00. The number of para-hydroxylation sites is 1. The Morgan fingerprint density at radius 1 is 0.755 bits per heavy atom. The number of carbonyl (C=O) groups is 10. The molecule has 5 heterocycles. The number of nitrogens with one attached hydrogen (secondary N) is 7. The molecular formula is C76H86FN11O18. The molecule has 11 N–H and O–H groups in total. The van der Waals surface area contributed by atoms with Crippen LogP contribution >= 0.6 is 0 Å². The number of ether oxygens (including phenoxy) is 5. The van der Waals surface area contributed by atoms with Crippen molar-refractivity contribution >= 4 is 81.8 Å². The van der Waals surface area contributed by atoms with E-state index in [-0.39, 0.29) is 146 Å². The molecule has 0 bridgehead atoms. The monoisotopic (exact) mass is 1460 g/mol. The third kappa shape index (κ3) is 18.9. The van der Waals surface area contributed by atoms with Crippen LogP contribution in [-0.4, -0.2) is 150 Å². The number of pyridine rings is 2. The Morgan fingerprint density at radius 3 is 2.18 bits per heavy atom. The molecule has 0 fully saturated rings. The predicted molar refractivity (Wildman–Crippen MR) is 382 cm³/mol. The largest absolute Gasteiger partial charge is 0.481 e. The van der Waals surface area contributed by atoms with E-state index in [9.17, 15) is 63.0 Å². The van der Waals surface area contributed by atoms with E-state index in [4.69, 9.17) is 34.4 Å². The minimum absolute atomic E-state index is 0.00433. The van der Waals surface area contributed by atoms with Crippen molar-refractivity contribution in [3.8, 4) is 23.2 Å². The van der Waals surface area contributed by atoms with Crippen LogP contribution in [0.2, 0.25) is 0 Å². The summed E-state index contributed by atoms with van der Waals surface area (Å²) in [5.41, 5.74) is 10.2. The highest BCUT2D eigenvalue weighted by Crippen LogP contribution is 2.46. The highest BCUT2D eigenvalue weighted by atomic mass is 19.1. The van der Waals surface area contributed by atoms with Crippen LogP contribution in [0.3, 0.4) is 0 Å². The zero-order chi connectivity index (χ0) is 75.8. The number of cyclic esters (lactones) is 1. The van der Waals surface area contributed by atoms with E-state index in [1.165, 1.54) is 10.6 Å². The van der Waals surface area contributed by atoms with Gasteiger partial charge in [-0.25, -0.2) is 23.8 Å². The number of hydrogen-bond donors (Lipinski definition) is 10.